The smallest absolute Gasteiger partial charge is 0.304 e. The molecule has 6 rings (SSSR count). The van der Waals surface area contributed by atoms with E-state index in [1.165, 1.54) is 0 Å². The van der Waals surface area contributed by atoms with Crippen LogP contribution in [0.15, 0.2) is 23.2 Å². The maximum atomic E-state index is 14.8. The quantitative estimate of drug-likeness (QED) is 0.0858. The number of Topliss-reactive ketones (excluding diaryl/α,β-unsaturated/α-hetero) is 3. The highest BCUT2D eigenvalue weighted by atomic mass is 32.2. The first kappa shape index (κ1) is 65.1. The first-order valence-corrected chi connectivity index (χ1v) is 31.1. The summed E-state index contributed by atoms with van der Waals surface area (Å²) in [6.07, 6.45) is -2.42. The average Bonchev–Trinajstić information content (AvgIpc) is 4.25. The second-order valence-electron chi connectivity index (χ2n) is 21.4. The summed E-state index contributed by atoms with van der Waals surface area (Å²) in [5.41, 5.74) is 1.58. The van der Waals surface area contributed by atoms with Crippen LogP contribution in [0.4, 0.5) is 0 Å². The Balaban J connectivity index is 1.30. The number of carbonyl (C=O) groups is 12. The molecule has 2 aromatic rings. The fraction of sp³-hybridized carbons (Fsp3) is 0.636. The molecule has 0 aliphatic carbocycles. The number of aromatic nitrogens is 1. The van der Waals surface area contributed by atoms with Crippen LogP contribution in [-0.4, -0.2) is 189 Å². The van der Waals surface area contributed by atoms with E-state index in [2.05, 4.69) is 42.2 Å². The molecule has 450 valence electrons. The van der Waals surface area contributed by atoms with Crippen LogP contribution in [-0.2, 0) is 75.1 Å². The average molecular weight is 1200 g/mol. The molecule has 27 heteroatoms. The predicted molar refractivity (Wildman–Crippen MR) is 306 cm³/mol. The first-order valence-electron chi connectivity index (χ1n) is 28.0. The molecular formula is C55H77N9O15S3. The summed E-state index contributed by atoms with van der Waals surface area (Å²) in [4.78, 5) is 169. The molecular weight excluding hydrogens is 1120 g/mol. The van der Waals surface area contributed by atoms with E-state index in [-0.39, 0.29) is 87.0 Å². The SMILES string of the molecule is CCC(C)[C@@H]1NC(=O)[C@@H]2C[C@@H](O)CN2C(=O)[C@H](CC(=O)O)CC(=O)[C@@H]2CSc3[nH]c4ccc(CC(=O)CCCNC(=O)CCOCCNC(=O)C5CSCS5)cc4c3C[C@H](CC1=O)C(=O)NCC(=O)N[C@@H]([C@@H](C)CC)C(=O)NCC(=O)N2. The molecule has 2 saturated heterocycles. The highest BCUT2D eigenvalue weighted by molar-refractivity contribution is 8.19. The summed E-state index contributed by atoms with van der Waals surface area (Å²) in [7, 11) is 0. The number of H-pyrrole nitrogens is 1. The van der Waals surface area contributed by atoms with Crippen LogP contribution in [0.5, 0.6) is 0 Å². The normalized spacial score (nSPS) is 25.4. The van der Waals surface area contributed by atoms with Gasteiger partial charge in [0.15, 0.2) is 11.6 Å². The van der Waals surface area contributed by atoms with Crippen LogP contribution in [0, 0.1) is 23.7 Å². The molecule has 2 unspecified atom stereocenters. The summed E-state index contributed by atoms with van der Waals surface area (Å²) in [5, 5.41) is 41.5. The highest BCUT2D eigenvalue weighted by Crippen LogP contribution is 2.35. The Morgan fingerprint density at radius 2 is 1.52 bits per heavy atom. The molecule has 4 aliphatic rings. The molecule has 1 aromatic carbocycles. The number of carbonyl (C=O) groups excluding carboxylic acids is 11. The van der Waals surface area contributed by atoms with Gasteiger partial charge in [-0.1, -0.05) is 46.6 Å². The van der Waals surface area contributed by atoms with Gasteiger partial charge in [0.2, 0.25) is 47.3 Å². The van der Waals surface area contributed by atoms with Crippen molar-refractivity contribution in [1.82, 2.24) is 47.1 Å². The second-order valence-corrected chi connectivity index (χ2v) is 25.0. The van der Waals surface area contributed by atoms with Crippen molar-refractivity contribution in [2.75, 3.05) is 62.5 Å². The van der Waals surface area contributed by atoms with Crippen molar-refractivity contribution in [3.8, 4) is 0 Å². The number of nitrogens with one attached hydrogen (secondary N) is 8. The van der Waals surface area contributed by atoms with Gasteiger partial charge in [-0.15, -0.1) is 35.3 Å². The van der Waals surface area contributed by atoms with Crippen molar-refractivity contribution in [3.63, 3.8) is 0 Å². The topological polar surface area (TPSA) is 358 Å². The van der Waals surface area contributed by atoms with Crippen LogP contribution < -0.4 is 37.2 Å². The number of aliphatic hydroxyl groups excluding tert-OH is 1. The van der Waals surface area contributed by atoms with E-state index in [1.54, 1.807) is 69.4 Å². The van der Waals surface area contributed by atoms with E-state index in [0.717, 1.165) is 27.5 Å². The third-order valence-corrected chi connectivity index (χ3v) is 19.1. The number of rotatable bonds is 19. The number of benzene rings is 1. The lowest BCUT2D eigenvalue weighted by molar-refractivity contribution is -0.148. The number of thioether (sulfide) groups is 3. The zero-order valence-electron chi connectivity index (χ0n) is 46.7. The lowest BCUT2D eigenvalue weighted by Crippen LogP contribution is -2.55. The number of amides is 8. The third-order valence-electron chi connectivity index (χ3n) is 15.2. The number of nitrogens with zero attached hydrogens (tertiary/aromatic N) is 1. The Hall–Kier alpha value is -6.03. The van der Waals surface area contributed by atoms with Gasteiger partial charge in [-0.2, -0.15) is 0 Å². The fourth-order valence-electron chi connectivity index (χ4n) is 10.2. The lowest BCUT2D eigenvalue weighted by atomic mass is 9.86. The standard InChI is InChI=1S/C55H77N9O15S3/c1-5-29(3)48-42(68)19-32-18-37-36-17-31(16-34(65)8-7-12-56-44(69)11-14-79-15-13-57-52(76)43-27-80-28-82-43)9-10-38(36)61-54(37)81-26-39(60-45(70)23-59-53(77)49(30(4)6-2)62-46(71)24-58-50(32)74)41(67)20-33(21-47(72)73)55(78)64-25-35(66)22-40(64)51(75)63-48/h9-10,17,29-30,32-33,35,39-40,43,48-49,61,66H,5-8,11-16,18-28H2,1-4H3,(H,56,69)(H,57,76)(H,58,74)(H,59,77)(H,60,70)(H,62,71)(H,63,75)(H,72,73)/t29?,30-,32+,33-,35+,39-,40-,43?,48-,49-/m0/s1. The van der Waals surface area contributed by atoms with Crippen molar-refractivity contribution in [2.45, 2.75) is 139 Å². The van der Waals surface area contributed by atoms with Crippen LogP contribution in [0.25, 0.3) is 10.9 Å². The lowest BCUT2D eigenvalue weighted by Gasteiger charge is -2.31. The van der Waals surface area contributed by atoms with Crippen molar-refractivity contribution >= 4 is 117 Å². The number of aliphatic hydroxyl groups is 1. The minimum Gasteiger partial charge on any atom is -0.481 e. The molecule has 10 N–H and O–H groups in total. The highest BCUT2D eigenvalue weighted by Gasteiger charge is 2.44. The largest absolute Gasteiger partial charge is 0.481 e. The van der Waals surface area contributed by atoms with Crippen molar-refractivity contribution < 1.29 is 72.5 Å². The molecule has 10 atom stereocenters. The Labute approximate surface area is 488 Å². The maximum Gasteiger partial charge on any atom is 0.304 e. The van der Waals surface area contributed by atoms with E-state index < -0.39 is 139 Å². The minimum atomic E-state index is -1.57. The summed E-state index contributed by atoms with van der Waals surface area (Å²) < 4.78 is 5.51. The van der Waals surface area contributed by atoms with E-state index >= 15 is 0 Å². The van der Waals surface area contributed by atoms with Gasteiger partial charge in [0.05, 0.1) is 67.1 Å². The van der Waals surface area contributed by atoms with Gasteiger partial charge in [-0.25, -0.2) is 0 Å². The number of aliphatic carboxylic acids is 1. The zero-order valence-corrected chi connectivity index (χ0v) is 49.2. The van der Waals surface area contributed by atoms with E-state index in [1.807, 2.05) is 0 Å². The van der Waals surface area contributed by atoms with Crippen LogP contribution in [0.1, 0.15) is 96.6 Å². The maximum absolute atomic E-state index is 14.8. The van der Waals surface area contributed by atoms with Crippen LogP contribution in [0.2, 0.25) is 0 Å². The van der Waals surface area contributed by atoms with Crippen molar-refractivity contribution in [3.05, 3.63) is 29.3 Å². The summed E-state index contributed by atoms with van der Waals surface area (Å²) >= 11 is 4.38. The zero-order chi connectivity index (χ0) is 59.6. The Morgan fingerprint density at radius 1 is 0.805 bits per heavy atom. The number of hydrogen-bond donors (Lipinski definition) is 10. The van der Waals surface area contributed by atoms with Gasteiger partial charge < -0.3 is 62.1 Å². The number of ether oxygens (including phenoxy) is 1. The number of hydrogen-bond acceptors (Lipinski definition) is 17. The monoisotopic (exact) mass is 1200 g/mol. The predicted octanol–water partition coefficient (Wildman–Crippen LogP) is 0.533. The van der Waals surface area contributed by atoms with Gasteiger partial charge in [-0.05, 0) is 47.9 Å². The van der Waals surface area contributed by atoms with E-state index in [4.69, 9.17) is 4.74 Å². The molecule has 82 heavy (non-hydrogen) atoms. The number of aromatic amines is 1. The Bertz CT molecular complexity index is 2700. The molecule has 0 radical (unpaired) electrons. The minimum absolute atomic E-state index is 0.0180. The van der Waals surface area contributed by atoms with E-state index in [9.17, 15) is 67.7 Å². The first-order chi connectivity index (χ1) is 39.1. The molecule has 8 amide bonds. The Morgan fingerprint density at radius 3 is 2.23 bits per heavy atom. The van der Waals surface area contributed by atoms with Gasteiger partial charge in [0.25, 0.3) is 0 Å². The number of ketones is 3. The fourth-order valence-corrected chi connectivity index (χ4v) is 14.0. The number of carboxylic acids is 1. The molecule has 2 bridgehead atoms. The summed E-state index contributed by atoms with van der Waals surface area (Å²) in [6.45, 7) is 6.35. The van der Waals surface area contributed by atoms with Gasteiger partial charge in [0, 0.05) is 91.6 Å². The molecule has 4 aliphatic heterocycles. The summed E-state index contributed by atoms with van der Waals surface area (Å²) in [6, 6.07) is -0.00543. The third kappa shape index (κ3) is 18.7. The van der Waals surface area contributed by atoms with Gasteiger partial charge >= 0.3 is 5.97 Å². The molecule has 1 aromatic heterocycles. The van der Waals surface area contributed by atoms with E-state index in [0.29, 0.717) is 52.9 Å². The Kier molecular flexibility index (Phi) is 25.1. The van der Waals surface area contributed by atoms with Crippen molar-refractivity contribution in [2.24, 2.45) is 23.7 Å². The molecule has 24 nitrogen and oxygen atoms in total. The van der Waals surface area contributed by atoms with Crippen molar-refractivity contribution in [1.29, 1.82) is 0 Å². The molecule has 5 heterocycles. The second kappa shape index (κ2) is 31.6. The molecule has 2 fully saturated rings. The van der Waals surface area contributed by atoms with Crippen LogP contribution >= 0.6 is 35.3 Å². The van der Waals surface area contributed by atoms with Crippen LogP contribution in [0.3, 0.4) is 0 Å². The number of fused-ring (bicyclic) bond motifs is 5. The summed E-state index contributed by atoms with van der Waals surface area (Å²) in [5.74, 6) is -11.3. The molecule has 0 spiro atoms. The molecule has 0 saturated carbocycles. The number of carboxylic acid groups (broad SMARTS) is 1. The van der Waals surface area contributed by atoms with Gasteiger partial charge in [-0.3, -0.25) is 57.5 Å². The van der Waals surface area contributed by atoms with Gasteiger partial charge in [0.1, 0.15) is 17.9 Å².